The van der Waals surface area contributed by atoms with Gasteiger partial charge in [-0.15, -0.1) is 0 Å². The summed E-state index contributed by atoms with van der Waals surface area (Å²) in [6, 6.07) is 10.7. The minimum absolute atomic E-state index is 0.174. The standard InChI is InChI=1S/C17H13Cl2N5O/c18-14-6-12(7-15(19)24-14)22-17-9-21-8-13(23-17)11-3-1-2-10(4-11)5-16(20)25/h1-4,6-9H,5H2,(H2,20,25)(H,22,23,24). The number of pyridine rings is 1. The highest BCUT2D eigenvalue weighted by molar-refractivity contribution is 6.32. The predicted octanol–water partition coefficient (Wildman–Crippen LogP) is 3.62. The van der Waals surface area contributed by atoms with E-state index in [1.165, 1.54) is 0 Å². The van der Waals surface area contributed by atoms with Gasteiger partial charge in [-0.2, -0.15) is 0 Å². The molecule has 8 heteroatoms. The molecule has 0 fully saturated rings. The van der Waals surface area contributed by atoms with Crippen molar-refractivity contribution in [1.82, 2.24) is 15.0 Å². The van der Waals surface area contributed by atoms with Gasteiger partial charge in [-0.25, -0.2) is 9.97 Å². The van der Waals surface area contributed by atoms with Crippen LogP contribution in [-0.4, -0.2) is 20.9 Å². The average molecular weight is 374 g/mol. The zero-order valence-electron chi connectivity index (χ0n) is 12.9. The molecule has 25 heavy (non-hydrogen) atoms. The molecule has 6 nitrogen and oxygen atoms in total. The average Bonchev–Trinajstić information content (AvgIpc) is 2.54. The summed E-state index contributed by atoms with van der Waals surface area (Å²) in [5.41, 5.74) is 8.20. The number of nitrogens with two attached hydrogens (primary N) is 1. The van der Waals surface area contributed by atoms with E-state index in [1.54, 1.807) is 24.5 Å². The number of rotatable bonds is 5. The highest BCUT2D eigenvalue weighted by atomic mass is 35.5. The number of primary amides is 1. The number of hydrogen-bond acceptors (Lipinski definition) is 5. The maximum atomic E-state index is 11.1. The smallest absolute Gasteiger partial charge is 0.221 e. The summed E-state index contributed by atoms with van der Waals surface area (Å²) < 4.78 is 0. The second kappa shape index (κ2) is 7.46. The van der Waals surface area contributed by atoms with Gasteiger partial charge in [0.15, 0.2) is 0 Å². The molecule has 126 valence electrons. The normalized spacial score (nSPS) is 10.5. The number of aromatic nitrogens is 3. The van der Waals surface area contributed by atoms with Crippen LogP contribution in [0.2, 0.25) is 10.3 Å². The van der Waals surface area contributed by atoms with Gasteiger partial charge in [0.25, 0.3) is 0 Å². The SMILES string of the molecule is NC(=O)Cc1cccc(-c2cncc(Nc3cc(Cl)nc(Cl)c3)n2)c1. The summed E-state index contributed by atoms with van der Waals surface area (Å²) in [7, 11) is 0. The van der Waals surface area contributed by atoms with Gasteiger partial charge in [-0.1, -0.05) is 41.4 Å². The molecule has 3 N–H and O–H groups in total. The second-order valence-electron chi connectivity index (χ2n) is 5.26. The monoisotopic (exact) mass is 373 g/mol. The lowest BCUT2D eigenvalue weighted by atomic mass is 10.1. The van der Waals surface area contributed by atoms with Crippen LogP contribution in [0.1, 0.15) is 5.56 Å². The molecule has 0 aliphatic rings. The molecular formula is C17H13Cl2N5O. The molecule has 0 atom stereocenters. The molecule has 0 unspecified atom stereocenters. The van der Waals surface area contributed by atoms with Crippen LogP contribution in [0.25, 0.3) is 11.3 Å². The topological polar surface area (TPSA) is 93.8 Å². The number of nitrogens with one attached hydrogen (secondary N) is 1. The Morgan fingerprint density at radius 1 is 1.08 bits per heavy atom. The number of carbonyl (C=O) groups is 1. The van der Waals surface area contributed by atoms with Crippen molar-refractivity contribution in [2.75, 3.05) is 5.32 Å². The van der Waals surface area contributed by atoms with E-state index >= 15 is 0 Å². The molecule has 0 bridgehead atoms. The van der Waals surface area contributed by atoms with Crippen LogP contribution in [0.4, 0.5) is 11.5 Å². The number of amides is 1. The fourth-order valence-electron chi connectivity index (χ4n) is 2.29. The number of halogens is 2. The number of benzene rings is 1. The van der Waals surface area contributed by atoms with E-state index in [0.717, 1.165) is 11.1 Å². The first kappa shape index (κ1) is 17.1. The summed E-state index contributed by atoms with van der Waals surface area (Å²) in [6.45, 7) is 0. The molecule has 2 aromatic heterocycles. The lowest BCUT2D eigenvalue weighted by Gasteiger charge is -2.08. The third-order valence-corrected chi connectivity index (χ3v) is 3.66. The number of carbonyl (C=O) groups excluding carboxylic acids is 1. The van der Waals surface area contributed by atoms with Crippen molar-refractivity contribution in [2.45, 2.75) is 6.42 Å². The van der Waals surface area contributed by atoms with Crippen molar-refractivity contribution in [3.63, 3.8) is 0 Å². The van der Waals surface area contributed by atoms with Crippen LogP contribution >= 0.6 is 23.2 Å². The van der Waals surface area contributed by atoms with Gasteiger partial charge >= 0.3 is 0 Å². The Morgan fingerprint density at radius 3 is 2.56 bits per heavy atom. The van der Waals surface area contributed by atoms with E-state index in [2.05, 4.69) is 20.3 Å². The summed E-state index contributed by atoms with van der Waals surface area (Å²) in [5, 5.41) is 3.64. The highest BCUT2D eigenvalue weighted by Crippen LogP contribution is 2.23. The number of anilines is 2. The molecule has 0 aliphatic heterocycles. The van der Waals surface area contributed by atoms with Gasteiger partial charge in [0.1, 0.15) is 16.1 Å². The Balaban J connectivity index is 1.87. The molecule has 3 aromatic rings. The summed E-state index contributed by atoms with van der Waals surface area (Å²) >= 11 is 11.8. The van der Waals surface area contributed by atoms with Crippen LogP contribution in [0, 0.1) is 0 Å². The Kier molecular flexibility index (Phi) is 5.11. The van der Waals surface area contributed by atoms with Gasteiger partial charge in [-0.05, 0) is 23.8 Å². The molecule has 0 saturated heterocycles. The Hall–Kier alpha value is -2.70. The van der Waals surface area contributed by atoms with Crippen LogP contribution in [0.5, 0.6) is 0 Å². The fourth-order valence-corrected chi connectivity index (χ4v) is 2.75. The quantitative estimate of drug-likeness (QED) is 0.666. The van der Waals surface area contributed by atoms with Crippen LogP contribution in [0.15, 0.2) is 48.8 Å². The van der Waals surface area contributed by atoms with Crippen molar-refractivity contribution in [1.29, 1.82) is 0 Å². The number of hydrogen-bond donors (Lipinski definition) is 2. The maximum Gasteiger partial charge on any atom is 0.221 e. The molecule has 0 radical (unpaired) electrons. The van der Waals surface area contributed by atoms with E-state index in [0.29, 0.717) is 17.2 Å². The lowest BCUT2D eigenvalue weighted by molar-refractivity contribution is -0.117. The fraction of sp³-hybridized carbons (Fsp3) is 0.0588. The molecule has 2 heterocycles. The first-order valence-corrected chi connectivity index (χ1v) is 8.05. The number of nitrogens with zero attached hydrogens (tertiary/aromatic N) is 3. The Morgan fingerprint density at radius 2 is 1.84 bits per heavy atom. The van der Waals surface area contributed by atoms with Crippen molar-refractivity contribution in [3.05, 3.63) is 64.7 Å². The summed E-state index contributed by atoms with van der Waals surface area (Å²) in [4.78, 5) is 23.7. The van der Waals surface area contributed by atoms with Crippen LogP contribution in [0.3, 0.4) is 0 Å². The van der Waals surface area contributed by atoms with Crippen molar-refractivity contribution < 1.29 is 4.79 Å². The zero-order chi connectivity index (χ0) is 17.8. The van der Waals surface area contributed by atoms with Gasteiger partial charge in [0.2, 0.25) is 5.91 Å². The molecule has 1 amide bonds. The van der Waals surface area contributed by atoms with Crippen molar-refractivity contribution >= 4 is 40.6 Å². The van der Waals surface area contributed by atoms with Gasteiger partial charge in [-0.3, -0.25) is 9.78 Å². The molecule has 0 spiro atoms. The highest BCUT2D eigenvalue weighted by Gasteiger charge is 2.06. The molecular weight excluding hydrogens is 361 g/mol. The minimum atomic E-state index is -0.384. The zero-order valence-corrected chi connectivity index (χ0v) is 14.4. The lowest BCUT2D eigenvalue weighted by Crippen LogP contribution is -2.13. The van der Waals surface area contributed by atoms with E-state index in [1.807, 2.05) is 24.3 Å². The van der Waals surface area contributed by atoms with Gasteiger partial charge in [0.05, 0.1) is 24.5 Å². The van der Waals surface area contributed by atoms with E-state index < -0.39 is 0 Å². The summed E-state index contributed by atoms with van der Waals surface area (Å²) in [5.74, 6) is 0.140. The Bertz CT molecular complexity index is 912. The molecule has 1 aromatic carbocycles. The third-order valence-electron chi connectivity index (χ3n) is 3.27. The largest absolute Gasteiger partial charge is 0.369 e. The predicted molar refractivity (Wildman–Crippen MR) is 97.9 cm³/mol. The van der Waals surface area contributed by atoms with Crippen molar-refractivity contribution in [2.24, 2.45) is 5.73 Å². The molecule has 0 aliphatic carbocycles. The van der Waals surface area contributed by atoms with Gasteiger partial charge < -0.3 is 11.1 Å². The minimum Gasteiger partial charge on any atom is -0.369 e. The first-order chi connectivity index (χ1) is 12.0. The van der Waals surface area contributed by atoms with Crippen LogP contribution in [-0.2, 0) is 11.2 Å². The van der Waals surface area contributed by atoms with Gasteiger partial charge in [0, 0.05) is 11.3 Å². The Labute approximate surface area is 154 Å². The van der Waals surface area contributed by atoms with E-state index in [-0.39, 0.29) is 22.6 Å². The second-order valence-corrected chi connectivity index (χ2v) is 6.03. The van der Waals surface area contributed by atoms with Crippen LogP contribution < -0.4 is 11.1 Å². The third kappa shape index (κ3) is 4.65. The maximum absolute atomic E-state index is 11.1. The van der Waals surface area contributed by atoms with E-state index in [9.17, 15) is 4.79 Å². The summed E-state index contributed by atoms with van der Waals surface area (Å²) in [6.07, 6.45) is 3.40. The van der Waals surface area contributed by atoms with E-state index in [4.69, 9.17) is 28.9 Å². The molecule has 3 rings (SSSR count). The van der Waals surface area contributed by atoms with Crippen molar-refractivity contribution in [3.8, 4) is 11.3 Å². The molecule has 0 saturated carbocycles. The first-order valence-electron chi connectivity index (χ1n) is 7.29.